The Labute approximate surface area is 225 Å². The van der Waals surface area contributed by atoms with Gasteiger partial charge in [0.15, 0.2) is 0 Å². The fourth-order valence-electron chi connectivity index (χ4n) is 7.17. The third-order valence-electron chi connectivity index (χ3n) is 10.0. The molecule has 0 saturated heterocycles. The van der Waals surface area contributed by atoms with Crippen molar-refractivity contribution in [3.05, 3.63) is 23.8 Å². The summed E-state index contributed by atoms with van der Waals surface area (Å²) in [7, 11) is 1.54. The van der Waals surface area contributed by atoms with Crippen LogP contribution in [0.1, 0.15) is 88.4 Å². The van der Waals surface area contributed by atoms with Gasteiger partial charge in [0.05, 0.1) is 30.1 Å². The third-order valence-corrected chi connectivity index (χ3v) is 10.0. The molecule has 0 aromatic heterocycles. The first kappa shape index (κ1) is 26.8. The van der Waals surface area contributed by atoms with Gasteiger partial charge in [0, 0.05) is 12.6 Å². The maximum atomic E-state index is 13.6. The monoisotopic (exact) mass is 526 g/mol. The van der Waals surface area contributed by atoms with E-state index in [0.717, 1.165) is 32.1 Å². The van der Waals surface area contributed by atoms with Gasteiger partial charge in [-0.1, -0.05) is 13.3 Å². The van der Waals surface area contributed by atoms with Gasteiger partial charge in [0.2, 0.25) is 5.91 Å². The zero-order chi connectivity index (χ0) is 27.1. The lowest BCUT2D eigenvalue weighted by Crippen LogP contribution is -2.51. The van der Waals surface area contributed by atoms with E-state index in [2.05, 4.69) is 17.6 Å². The standard InChI is InChI=1S/C30H42N2O6/c1-29(11-4-12-29)17-31-27(34)24-18-5-6-19(15-18)25(24)32-26(33)22-16-21(7-8-23(22)37-3)38-20-9-13-30(2,14-10-20)28(35)36/h7-8,16,18-20,24-25H,4-6,9-15,17H2,1-3H3,(H,31,34)(H,32,33)(H,35,36). The molecule has 4 aliphatic rings. The summed E-state index contributed by atoms with van der Waals surface area (Å²) in [5.74, 6) is 0.520. The summed E-state index contributed by atoms with van der Waals surface area (Å²) in [5.41, 5.74) is -0.103. The Balaban J connectivity index is 1.25. The molecule has 4 atom stereocenters. The van der Waals surface area contributed by atoms with Crippen LogP contribution in [0.15, 0.2) is 18.2 Å². The van der Waals surface area contributed by atoms with Crippen LogP contribution in [0.4, 0.5) is 0 Å². The van der Waals surface area contributed by atoms with E-state index in [-0.39, 0.29) is 35.3 Å². The summed E-state index contributed by atoms with van der Waals surface area (Å²) in [4.78, 5) is 38.4. The lowest BCUT2D eigenvalue weighted by atomic mass is 9.70. The van der Waals surface area contributed by atoms with Gasteiger partial charge in [-0.05, 0) is 100 Å². The summed E-state index contributed by atoms with van der Waals surface area (Å²) in [6.07, 6.45) is 8.92. The maximum absolute atomic E-state index is 13.6. The summed E-state index contributed by atoms with van der Waals surface area (Å²) < 4.78 is 11.7. The number of ether oxygens (including phenoxy) is 2. The number of carboxylic acid groups (broad SMARTS) is 1. The molecule has 0 heterocycles. The second kappa shape index (κ2) is 10.4. The molecule has 8 heteroatoms. The van der Waals surface area contributed by atoms with E-state index in [9.17, 15) is 19.5 Å². The lowest BCUT2D eigenvalue weighted by Gasteiger charge is -2.39. The number of nitrogens with one attached hydrogen (secondary N) is 2. The quantitative estimate of drug-likeness (QED) is 0.435. The van der Waals surface area contributed by atoms with Crippen LogP contribution >= 0.6 is 0 Å². The smallest absolute Gasteiger partial charge is 0.309 e. The molecule has 2 bridgehead atoms. The van der Waals surface area contributed by atoms with Crippen LogP contribution in [0.25, 0.3) is 0 Å². The van der Waals surface area contributed by atoms with Crippen molar-refractivity contribution in [2.75, 3.05) is 13.7 Å². The van der Waals surface area contributed by atoms with Crippen molar-refractivity contribution < 1.29 is 29.0 Å². The highest BCUT2D eigenvalue weighted by Gasteiger charge is 2.51. The van der Waals surface area contributed by atoms with E-state index in [4.69, 9.17) is 9.47 Å². The number of fused-ring (bicyclic) bond motifs is 2. The van der Waals surface area contributed by atoms with Crippen LogP contribution < -0.4 is 20.1 Å². The Kier molecular flexibility index (Phi) is 7.35. The Morgan fingerprint density at radius 1 is 1.03 bits per heavy atom. The predicted molar refractivity (Wildman–Crippen MR) is 142 cm³/mol. The molecule has 0 radical (unpaired) electrons. The van der Waals surface area contributed by atoms with Gasteiger partial charge in [-0.2, -0.15) is 0 Å². The number of methoxy groups -OCH3 is 1. The second-order valence-electron chi connectivity index (χ2n) is 12.8. The largest absolute Gasteiger partial charge is 0.496 e. The van der Waals surface area contributed by atoms with E-state index in [1.54, 1.807) is 25.1 Å². The van der Waals surface area contributed by atoms with Crippen molar-refractivity contribution in [1.82, 2.24) is 10.6 Å². The highest BCUT2D eigenvalue weighted by molar-refractivity contribution is 5.98. The van der Waals surface area contributed by atoms with E-state index in [1.807, 2.05) is 0 Å². The van der Waals surface area contributed by atoms with E-state index >= 15 is 0 Å². The SMILES string of the molecule is COc1ccc(OC2CCC(C)(C(=O)O)CC2)cc1C(=O)NC1C2CCC(C2)C1C(=O)NCC1(C)CCC1. The van der Waals surface area contributed by atoms with Crippen molar-refractivity contribution in [2.24, 2.45) is 28.6 Å². The minimum absolute atomic E-state index is 0.0744. The number of carbonyl (C=O) groups excluding carboxylic acids is 2. The molecule has 4 fully saturated rings. The summed E-state index contributed by atoms with van der Waals surface area (Å²) in [5, 5.41) is 15.9. The summed E-state index contributed by atoms with van der Waals surface area (Å²) in [6.45, 7) is 4.73. The average Bonchev–Trinajstić information content (AvgIpc) is 3.49. The molecular formula is C30H42N2O6. The minimum atomic E-state index is -0.760. The number of rotatable bonds is 9. The molecule has 1 aromatic carbocycles. The number of aliphatic carboxylic acids is 1. The molecule has 8 nitrogen and oxygen atoms in total. The Morgan fingerprint density at radius 2 is 1.74 bits per heavy atom. The van der Waals surface area contributed by atoms with E-state index in [1.165, 1.54) is 13.5 Å². The number of carbonyl (C=O) groups is 3. The highest BCUT2D eigenvalue weighted by atomic mass is 16.5. The maximum Gasteiger partial charge on any atom is 0.309 e. The fourth-order valence-corrected chi connectivity index (χ4v) is 7.17. The Morgan fingerprint density at radius 3 is 2.37 bits per heavy atom. The van der Waals surface area contributed by atoms with Crippen LogP contribution in [-0.4, -0.2) is 48.7 Å². The van der Waals surface area contributed by atoms with Crippen molar-refractivity contribution in [2.45, 2.75) is 90.2 Å². The van der Waals surface area contributed by atoms with Crippen LogP contribution in [0, 0.1) is 28.6 Å². The topological polar surface area (TPSA) is 114 Å². The molecule has 4 aliphatic carbocycles. The van der Waals surface area contributed by atoms with Crippen LogP contribution in [-0.2, 0) is 9.59 Å². The molecule has 38 heavy (non-hydrogen) atoms. The Hall–Kier alpha value is -2.77. The van der Waals surface area contributed by atoms with Crippen molar-refractivity contribution in [1.29, 1.82) is 0 Å². The van der Waals surface area contributed by atoms with Crippen LogP contribution in [0.3, 0.4) is 0 Å². The highest BCUT2D eigenvalue weighted by Crippen LogP contribution is 2.49. The molecule has 208 valence electrons. The van der Waals surface area contributed by atoms with Crippen molar-refractivity contribution in [3.63, 3.8) is 0 Å². The van der Waals surface area contributed by atoms with Crippen molar-refractivity contribution in [3.8, 4) is 11.5 Å². The lowest BCUT2D eigenvalue weighted by molar-refractivity contribution is -0.150. The minimum Gasteiger partial charge on any atom is -0.496 e. The molecule has 4 unspecified atom stereocenters. The number of carboxylic acids is 1. The third kappa shape index (κ3) is 5.23. The molecular weight excluding hydrogens is 484 g/mol. The molecule has 0 aliphatic heterocycles. The number of amides is 2. The van der Waals surface area contributed by atoms with Crippen LogP contribution in [0.2, 0.25) is 0 Å². The fraction of sp³-hybridized carbons (Fsp3) is 0.700. The first-order valence-electron chi connectivity index (χ1n) is 14.3. The van der Waals surface area contributed by atoms with Gasteiger partial charge in [-0.3, -0.25) is 14.4 Å². The van der Waals surface area contributed by atoms with Gasteiger partial charge in [-0.15, -0.1) is 0 Å². The van der Waals surface area contributed by atoms with Crippen molar-refractivity contribution >= 4 is 17.8 Å². The number of benzene rings is 1. The molecule has 4 saturated carbocycles. The normalized spacial score (nSPS) is 33.2. The summed E-state index contributed by atoms with van der Waals surface area (Å²) in [6, 6.07) is 5.05. The Bertz CT molecular complexity index is 1070. The van der Waals surface area contributed by atoms with Gasteiger partial charge >= 0.3 is 5.97 Å². The average molecular weight is 527 g/mol. The molecule has 1 aromatic rings. The predicted octanol–water partition coefficient (Wildman–Crippen LogP) is 4.56. The second-order valence-corrected chi connectivity index (χ2v) is 12.8. The van der Waals surface area contributed by atoms with Crippen LogP contribution in [0.5, 0.6) is 11.5 Å². The molecule has 0 spiro atoms. The van der Waals surface area contributed by atoms with Gasteiger partial charge in [-0.25, -0.2) is 0 Å². The van der Waals surface area contributed by atoms with Gasteiger partial charge < -0.3 is 25.2 Å². The number of hydrogen-bond donors (Lipinski definition) is 3. The molecule has 2 amide bonds. The van der Waals surface area contributed by atoms with Gasteiger partial charge in [0.1, 0.15) is 11.5 Å². The first-order valence-corrected chi connectivity index (χ1v) is 14.3. The van der Waals surface area contributed by atoms with Gasteiger partial charge in [0.25, 0.3) is 5.91 Å². The molecule has 5 rings (SSSR count). The zero-order valence-electron chi connectivity index (χ0n) is 22.9. The number of hydrogen-bond acceptors (Lipinski definition) is 5. The van der Waals surface area contributed by atoms with E-state index < -0.39 is 11.4 Å². The first-order chi connectivity index (χ1) is 18.1. The van der Waals surface area contributed by atoms with E-state index in [0.29, 0.717) is 61.1 Å². The zero-order valence-corrected chi connectivity index (χ0v) is 22.9. The molecule has 3 N–H and O–H groups in total. The summed E-state index contributed by atoms with van der Waals surface area (Å²) >= 11 is 0.